The molecule has 0 spiro atoms. The second kappa shape index (κ2) is 9.02. The fraction of sp³-hybridized carbons (Fsp3) is 0. The lowest BCUT2D eigenvalue weighted by atomic mass is 11.0. The van der Waals surface area contributed by atoms with E-state index in [1.807, 2.05) is 5.32 Å². The van der Waals surface area contributed by atoms with Crippen molar-refractivity contribution in [2.45, 2.75) is 0 Å². The van der Waals surface area contributed by atoms with Crippen molar-refractivity contribution in [1.82, 2.24) is 5.32 Å². The Labute approximate surface area is 69.3 Å². The fourth-order valence-corrected chi connectivity index (χ4v) is 0.169. The summed E-state index contributed by atoms with van der Waals surface area (Å²) in [5.74, 6) is 0. The minimum atomic E-state index is -1.08. The van der Waals surface area contributed by atoms with E-state index in [0.29, 0.717) is 0 Å². The molecular weight excluding hydrogens is 164 g/mol. The molecule has 0 atom stereocenters. The highest BCUT2D eigenvalue weighted by atomic mass is 16.5. The molecule has 0 aromatic heterocycles. The number of nitrogens with two attached hydrogens (primary N) is 1. The van der Waals surface area contributed by atoms with Crippen LogP contribution in [0.1, 0.15) is 0 Å². The molecule has 0 radical (unpaired) electrons. The molecule has 6 nitrogen and oxygen atoms in total. The zero-order valence-corrected chi connectivity index (χ0v) is 6.32. The van der Waals surface area contributed by atoms with Crippen molar-refractivity contribution in [3.05, 3.63) is 25.6 Å². The van der Waals surface area contributed by atoms with Crippen molar-refractivity contribution in [3.63, 3.8) is 0 Å². The summed E-state index contributed by atoms with van der Waals surface area (Å²) >= 11 is 0. The molecule has 2 amide bonds. The van der Waals surface area contributed by atoms with Crippen LogP contribution in [0.25, 0.3) is 0 Å². The van der Waals surface area contributed by atoms with Gasteiger partial charge in [-0.25, -0.2) is 9.59 Å². The van der Waals surface area contributed by atoms with E-state index in [2.05, 4.69) is 23.6 Å². The van der Waals surface area contributed by atoms with E-state index in [9.17, 15) is 9.59 Å². The summed E-state index contributed by atoms with van der Waals surface area (Å²) in [5.41, 5.74) is 4.47. The first-order valence-corrected chi connectivity index (χ1v) is 2.72. The van der Waals surface area contributed by atoms with Crippen molar-refractivity contribution < 1.29 is 19.4 Å². The van der Waals surface area contributed by atoms with Crippen molar-refractivity contribution >= 4 is 12.2 Å². The van der Waals surface area contributed by atoms with E-state index in [4.69, 9.17) is 5.11 Å². The molecular formula is C6H10N2O4. The van der Waals surface area contributed by atoms with Gasteiger partial charge in [-0.05, 0) is 6.20 Å². The van der Waals surface area contributed by atoms with E-state index in [0.717, 1.165) is 12.5 Å². The Morgan fingerprint density at radius 3 is 2.00 bits per heavy atom. The molecule has 68 valence electrons. The van der Waals surface area contributed by atoms with E-state index < -0.39 is 12.2 Å². The van der Waals surface area contributed by atoms with E-state index in [1.54, 1.807) is 0 Å². The number of hydrogen-bond acceptors (Lipinski definition) is 3. The molecule has 0 aliphatic heterocycles. The quantitative estimate of drug-likeness (QED) is 0.534. The Balaban J connectivity index is 0. The van der Waals surface area contributed by atoms with Crippen LogP contribution in [-0.4, -0.2) is 17.3 Å². The van der Waals surface area contributed by atoms with Gasteiger partial charge in [0.1, 0.15) is 0 Å². The van der Waals surface area contributed by atoms with Crippen molar-refractivity contribution in [3.8, 4) is 0 Å². The highest BCUT2D eigenvalue weighted by Gasteiger charge is 1.80. The van der Waals surface area contributed by atoms with E-state index >= 15 is 0 Å². The van der Waals surface area contributed by atoms with Crippen LogP contribution >= 0.6 is 0 Å². The van der Waals surface area contributed by atoms with E-state index in [-0.39, 0.29) is 0 Å². The predicted molar refractivity (Wildman–Crippen MR) is 42.2 cm³/mol. The molecule has 12 heavy (non-hydrogen) atoms. The molecule has 0 bridgehead atoms. The Morgan fingerprint density at radius 1 is 1.50 bits per heavy atom. The Hall–Kier alpha value is -1.98. The number of rotatable bonds is 2. The molecule has 0 rings (SSSR count). The number of ether oxygens (including phenoxy) is 1. The SMILES string of the molecule is C=CNC(=O)O.C=COC(N)=O. The first kappa shape index (κ1) is 12.7. The smallest absolute Gasteiger partial charge is 0.409 e. The molecule has 0 saturated heterocycles. The van der Waals surface area contributed by atoms with Crippen LogP contribution in [0.3, 0.4) is 0 Å². The molecule has 0 aliphatic rings. The molecule has 0 heterocycles. The van der Waals surface area contributed by atoms with Gasteiger partial charge in [-0.2, -0.15) is 0 Å². The van der Waals surface area contributed by atoms with Crippen molar-refractivity contribution in [2.75, 3.05) is 0 Å². The van der Waals surface area contributed by atoms with Crippen LogP contribution in [0.15, 0.2) is 25.6 Å². The van der Waals surface area contributed by atoms with Gasteiger partial charge in [0.15, 0.2) is 0 Å². The molecule has 0 fully saturated rings. The van der Waals surface area contributed by atoms with Crippen LogP contribution in [0.2, 0.25) is 0 Å². The predicted octanol–water partition coefficient (Wildman–Crippen LogP) is 0.623. The maximum atomic E-state index is 9.53. The summed E-state index contributed by atoms with van der Waals surface area (Å²) in [5, 5.41) is 9.62. The molecule has 0 unspecified atom stereocenters. The van der Waals surface area contributed by atoms with Gasteiger partial charge in [-0.1, -0.05) is 13.2 Å². The van der Waals surface area contributed by atoms with Gasteiger partial charge in [-0.3, -0.25) is 5.32 Å². The number of carbonyl (C=O) groups excluding carboxylic acids is 1. The van der Waals surface area contributed by atoms with Crippen molar-refractivity contribution in [2.24, 2.45) is 5.73 Å². The summed E-state index contributed by atoms with van der Waals surface area (Å²) in [6, 6.07) is 0. The summed E-state index contributed by atoms with van der Waals surface area (Å²) in [7, 11) is 0. The molecule has 0 aromatic rings. The van der Waals surface area contributed by atoms with Crippen LogP contribution in [0, 0.1) is 0 Å². The van der Waals surface area contributed by atoms with Gasteiger partial charge in [-0.15, -0.1) is 0 Å². The van der Waals surface area contributed by atoms with Crippen LogP contribution in [0.5, 0.6) is 0 Å². The first-order chi connectivity index (χ1) is 5.54. The van der Waals surface area contributed by atoms with Gasteiger partial charge in [0, 0.05) is 0 Å². The number of primary amides is 1. The Kier molecular flexibility index (Phi) is 9.53. The number of carbonyl (C=O) groups is 2. The Morgan fingerprint density at radius 2 is 2.00 bits per heavy atom. The molecule has 0 aromatic carbocycles. The number of hydrogen-bond donors (Lipinski definition) is 3. The average Bonchev–Trinajstić information content (AvgIpc) is 1.87. The third-order valence-corrected chi connectivity index (χ3v) is 0.425. The van der Waals surface area contributed by atoms with E-state index in [1.165, 1.54) is 0 Å². The van der Waals surface area contributed by atoms with Gasteiger partial charge >= 0.3 is 12.2 Å². The van der Waals surface area contributed by atoms with Gasteiger partial charge in [0.05, 0.1) is 6.26 Å². The zero-order valence-electron chi connectivity index (χ0n) is 6.32. The van der Waals surface area contributed by atoms with Crippen LogP contribution < -0.4 is 11.1 Å². The second-order valence-corrected chi connectivity index (χ2v) is 1.26. The number of nitrogens with one attached hydrogen (secondary N) is 1. The van der Waals surface area contributed by atoms with Gasteiger partial charge in [0.2, 0.25) is 0 Å². The topological polar surface area (TPSA) is 102 Å². The third-order valence-electron chi connectivity index (χ3n) is 0.425. The Bertz CT molecular complexity index is 158. The largest absolute Gasteiger partial charge is 0.465 e. The minimum absolute atomic E-state index is 0.829. The normalized spacial score (nSPS) is 6.67. The van der Waals surface area contributed by atoms with Crippen LogP contribution in [0.4, 0.5) is 9.59 Å². The molecule has 6 heteroatoms. The van der Waals surface area contributed by atoms with Crippen molar-refractivity contribution in [1.29, 1.82) is 0 Å². The highest BCUT2D eigenvalue weighted by molar-refractivity contribution is 5.65. The maximum Gasteiger partial charge on any atom is 0.409 e. The maximum absolute atomic E-state index is 9.53. The highest BCUT2D eigenvalue weighted by Crippen LogP contribution is 1.66. The minimum Gasteiger partial charge on any atom is -0.465 e. The summed E-state index contributed by atoms with van der Waals surface area (Å²) in [4.78, 5) is 18.9. The summed E-state index contributed by atoms with van der Waals surface area (Å²) in [6.45, 7) is 6.19. The summed E-state index contributed by atoms with van der Waals surface area (Å²) < 4.78 is 3.94. The monoisotopic (exact) mass is 174 g/mol. The zero-order chi connectivity index (χ0) is 9.98. The first-order valence-electron chi connectivity index (χ1n) is 2.72. The molecule has 4 N–H and O–H groups in total. The second-order valence-electron chi connectivity index (χ2n) is 1.26. The average molecular weight is 174 g/mol. The number of carboxylic acid groups (broad SMARTS) is 1. The van der Waals surface area contributed by atoms with Gasteiger partial charge < -0.3 is 15.6 Å². The lowest BCUT2D eigenvalue weighted by molar-refractivity contribution is 0.196. The van der Waals surface area contributed by atoms with Crippen LogP contribution in [-0.2, 0) is 4.74 Å². The molecule has 0 saturated carbocycles. The van der Waals surface area contributed by atoms with Gasteiger partial charge in [0.25, 0.3) is 0 Å². The molecule has 0 aliphatic carbocycles. The number of amides is 2. The standard InChI is InChI=1S/2C3H5NO2/c1-2-6-3(4)5;1-2-4-3(5)6/h2H,1H2,(H2,4,5);2,4H,1H2,(H,5,6). The fourth-order valence-electron chi connectivity index (χ4n) is 0.169. The third kappa shape index (κ3) is 24.5. The lowest BCUT2D eigenvalue weighted by Crippen LogP contribution is -2.11. The summed E-state index contributed by atoms with van der Waals surface area (Å²) in [6.07, 6.45) is 0.167. The lowest BCUT2D eigenvalue weighted by Gasteiger charge is -1.83.